The molecule has 0 spiro atoms. The third-order valence-corrected chi connectivity index (χ3v) is 3.25. The standard InChI is InChI=1S/C14H19ClN2O3/c1-3-10(4-2)17-13(18)8-20-14(19)9-5-6-12(16)11(15)7-9/h5-7,10H,3-4,8,16H2,1-2H3,(H,17,18). The van der Waals surface area contributed by atoms with E-state index in [2.05, 4.69) is 5.32 Å². The molecule has 0 aromatic heterocycles. The van der Waals surface area contributed by atoms with Crippen molar-refractivity contribution in [2.24, 2.45) is 0 Å². The van der Waals surface area contributed by atoms with Crippen LogP contribution in [0.5, 0.6) is 0 Å². The van der Waals surface area contributed by atoms with Gasteiger partial charge in [-0.25, -0.2) is 4.79 Å². The number of hydrogen-bond donors (Lipinski definition) is 2. The van der Waals surface area contributed by atoms with E-state index in [0.717, 1.165) is 12.8 Å². The summed E-state index contributed by atoms with van der Waals surface area (Å²) in [6, 6.07) is 4.54. The van der Waals surface area contributed by atoms with Crippen molar-refractivity contribution >= 4 is 29.2 Å². The summed E-state index contributed by atoms with van der Waals surface area (Å²) in [4.78, 5) is 23.3. The fourth-order valence-electron chi connectivity index (χ4n) is 1.63. The highest BCUT2D eigenvalue weighted by atomic mass is 35.5. The summed E-state index contributed by atoms with van der Waals surface area (Å²) in [6.45, 7) is 3.66. The van der Waals surface area contributed by atoms with Gasteiger partial charge in [0.2, 0.25) is 0 Å². The van der Waals surface area contributed by atoms with Crippen LogP contribution in [0.2, 0.25) is 5.02 Å². The Bertz CT molecular complexity index is 487. The molecule has 110 valence electrons. The molecule has 0 unspecified atom stereocenters. The van der Waals surface area contributed by atoms with E-state index in [-0.39, 0.29) is 29.1 Å². The van der Waals surface area contributed by atoms with Gasteiger partial charge in [0.1, 0.15) is 0 Å². The maximum absolute atomic E-state index is 11.7. The van der Waals surface area contributed by atoms with Crippen LogP contribution in [0.3, 0.4) is 0 Å². The van der Waals surface area contributed by atoms with Crippen molar-refractivity contribution in [2.75, 3.05) is 12.3 Å². The Morgan fingerprint density at radius 2 is 2.00 bits per heavy atom. The highest BCUT2D eigenvalue weighted by Gasteiger charge is 2.13. The summed E-state index contributed by atoms with van der Waals surface area (Å²) >= 11 is 5.81. The minimum Gasteiger partial charge on any atom is -0.452 e. The van der Waals surface area contributed by atoms with Gasteiger partial charge in [0, 0.05) is 6.04 Å². The van der Waals surface area contributed by atoms with E-state index in [9.17, 15) is 9.59 Å². The molecule has 0 radical (unpaired) electrons. The third kappa shape index (κ3) is 4.74. The Morgan fingerprint density at radius 3 is 2.55 bits per heavy atom. The van der Waals surface area contributed by atoms with Crippen molar-refractivity contribution in [1.82, 2.24) is 5.32 Å². The Hall–Kier alpha value is -1.75. The van der Waals surface area contributed by atoms with Crippen LogP contribution in [0, 0.1) is 0 Å². The molecule has 0 aliphatic heterocycles. The highest BCUT2D eigenvalue weighted by Crippen LogP contribution is 2.20. The number of nitrogen functional groups attached to an aromatic ring is 1. The van der Waals surface area contributed by atoms with Crippen molar-refractivity contribution in [1.29, 1.82) is 0 Å². The number of halogens is 1. The molecule has 0 saturated carbocycles. The summed E-state index contributed by atoms with van der Waals surface area (Å²) in [6.07, 6.45) is 1.67. The molecule has 0 bridgehead atoms. The van der Waals surface area contributed by atoms with Crippen molar-refractivity contribution in [2.45, 2.75) is 32.7 Å². The monoisotopic (exact) mass is 298 g/mol. The number of nitrogens with two attached hydrogens (primary N) is 1. The summed E-state index contributed by atoms with van der Waals surface area (Å²) in [5.74, 6) is -0.916. The molecule has 1 aromatic rings. The van der Waals surface area contributed by atoms with Gasteiger partial charge >= 0.3 is 5.97 Å². The van der Waals surface area contributed by atoms with E-state index < -0.39 is 5.97 Å². The molecule has 0 fully saturated rings. The van der Waals surface area contributed by atoms with E-state index in [0.29, 0.717) is 5.69 Å². The number of ether oxygens (including phenoxy) is 1. The summed E-state index contributed by atoms with van der Waals surface area (Å²) in [5.41, 5.74) is 6.20. The van der Waals surface area contributed by atoms with Crippen LogP contribution in [-0.4, -0.2) is 24.5 Å². The molecule has 20 heavy (non-hydrogen) atoms. The first-order valence-corrected chi connectivity index (χ1v) is 6.87. The number of hydrogen-bond acceptors (Lipinski definition) is 4. The van der Waals surface area contributed by atoms with Gasteiger partial charge in [0.15, 0.2) is 6.61 Å². The second-order valence-corrected chi connectivity index (χ2v) is 4.80. The van der Waals surface area contributed by atoms with Crippen LogP contribution in [-0.2, 0) is 9.53 Å². The first kappa shape index (κ1) is 16.3. The number of amides is 1. The average molecular weight is 299 g/mol. The number of rotatable bonds is 6. The minimum absolute atomic E-state index is 0.104. The third-order valence-electron chi connectivity index (χ3n) is 2.92. The molecule has 6 heteroatoms. The van der Waals surface area contributed by atoms with E-state index in [1.807, 2.05) is 13.8 Å². The second kappa shape index (κ2) is 7.75. The van der Waals surface area contributed by atoms with Crippen molar-refractivity contribution < 1.29 is 14.3 Å². The van der Waals surface area contributed by atoms with Crippen molar-refractivity contribution in [3.63, 3.8) is 0 Å². The smallest absolute Gasteiger partial charge is 0.338 e. The van der Waals surface area contributed by atoms with Crippen molar-refractivity contribution in [3.05, 3.63) is 28.8 Å². The SMILES string of the molecule is CCC(CC)NC(=O)COC(=O)c1ccc(N)c(Cl)c1. The van der Waals surface area contributed by atoms with E-state index >= 15 is 0 Å². The van der Waals surface area contributed by atoms with E-state index in [4.69, 9.17) is 22.1 Å². The lowest BCUT2D eigenvalue weighted by Gasteiger charge is -2.14. The van der Waals surface area contributed by atoms with Gasteiger partial charge in [-0.05, 0) is 31.0 Å². The second-order valence-electron chi connectivity index (χ2n) is 4.39. The quantitative estimate of drug-likeness (QED) is 0.624. The maximum atomic E-state index is 11.7. The predicted molar refractivity (Wildman–Crippen MR) is 78.7 cm³/mol. The number of esters is 1. The molecule has 1 rings (SSSR count). The maximum Gasteiger partial charge on any atom is 0.338 e. The van der Waals surface area contributed by atoms with Gasteiger partial charge in [0.25, 0.3) is 5.91 Å². The lowest BCUT2D eigenvalue weighted by molar-refractivity contribution is -0.125. The van der Waals surface area contributed by atoms with Crippen LogP contribution in [0.1, 0.15) is 37.0 Å². The molecule has 0 heterocycles. The van der Waals surface area contributed by atoms with Gasteiger partial charge in [-0.2, -0.15) is 0 Å². The zero-order valence-electron chi connectivity index (χ0n) is 11.6. The summed E-state index contributed by atoms with van der Waals surface area (Å²) < 4.78 is 4.92. The molecule has 0 atom stereocenters. The first-order chi connectivity index (χ1) is 9.47. The molecular weight excluding hydrogens is 280 g/mol. The fraction of sp³-hybridized carbons (Fsp3) is 0.429. The van der Waals surface area contributed by atoms with Crippen LogP contribution < -0.4 is 11.1 Å². The van der Waals surface area contributed by atoms with E-state index in [1.54, 1.807) is 0 Å². The molecule has 1 aromatic carbocycles. The van der Waals surface area contributed by atoms with Crippen LogP contribution in [0.4, 0.5) is 5.69 Å². The molecule has 0 saturated heterocycles. The van der Waals surface area contributed by atoms with Gasteiger partial charge in [-0.15, -0.1) is 0 Å². The zero-order chi connectivity index (χ0) is 15.1. The van der Waals surface area contributed by atoms with Gasteiger partial charge in [-0.3, -0.25) is 4.79 Å². The Balaban J connectivity index is 2.50. The highest BCUT2D eigenvalue weighted by molar-refractivity contribution is 6.33. The van der Waals surface area contributed by atoms with Crippen LogP contribution >= 0.6 is 11.6 Å². The van der Waals surface area contributed by atoms with E-state index in [1.165, 1.54) is 18.2 Å². The first-order valence-electron chi connectivity index (χ1n) is 6.49. The topological polar surface area (TPSA) is 81.4 Å². The lowest BCUT2D eigenvalue weighted by atomic mass is 10.2. The van der Waals surface area contributed by atoms with Gasteiger partial charge < -0.3 is 15.8 Å². The van der Waals surface area contributed by atoms with Crippen molar-refractivity contribution in [3.8, 4) is 0 Å². The normalized spacial score (nSPS) is 10.4. The average Bonchev–Trinajstić information content (AvgIpc) is 2.45. The number of anilines is 1. The predicted octanol–water partition coefficient (Wildman–Crippen LogP) is 2.38. The zero-order valence-corrected chi connectivity index (χ0v) is 12.4. The summed E-state index contributed by atoms with van der Waals surface area (Å²) in [7, 11) is 0. The number of benzene rings is 1. The molecule has 1 amide bonds. The Kier molecular flexibility index (Phi) is 6.31. The number of nitrogens with one attached hydrogen (secondary N) is 1. The lowest BCUT2D eigenvalue weighted by Crippen LogP contribution is -2.36. The molecule has 3 N–H and O–H groups in total. The van der Waals surface area contributed by atoms with Crippen LogP contribution in [0.15, 0.2) is 18.2 Å². The number of carbonyl (C=O) groups is 2. The Labute approximate surface area is 123 Å². The molecule has 5 nitrogen and oxygen atoms in total. The number of carbonyl (C=O) groups excluding carboxylic acids is 2. The van der Waals surface area contributed by atoms with Gasteiger partial charge in [0.05, 0.1) is 16.3 Å². The molecule has 0 aliphatic rings. The molecular formula is C14H19ClN2O3. The minimum atomic E-state index is -0.605. The van der Waals surface area contributed by atoms with Crippen LogP contribution in [0.25, 0.3) is 0 Å². The largest absolute Gasteiger partial charge is 0.452 e. The Morgan fingerprint density at radius 1 is 1.35 bits per heavy atom. The fourth-order valence-corrected chi connectivity index (χ4v) is 1.81. The van der Waals surface area contributed by atoms with Gasteiger partial charge in [-0.1, -0.05) is 25.4 Å². The molecule has 0 aliphatic carbocycles. The summed E-state index contributed by atoms with van der Waals surface area (Å²) in [5, 5.41) is 3.06.